The van der Waals surface area contributed by atoms with Gasteiger partial charge in [0.05, 0.1) is 6.61 Å². The number of hydrogen-bond acceptors (Lipinski definition) is 2. The van der Waals surface area contributed by atoms with E-state index in [2.05, 4.69) is 56.4 Å². The fraction of sp³-hybridized carbons (Fsp3) is 0.633. The topological polar surface area (TPSA) is 22.1 Å². The van der Waals surface area contributed by atoms with Gasteiger partial charge in [0.2, 0.25) is 0 Å². The second-order valence-corrected chi connectivity index (χ2v) is 9.83. The summed E-state index contributed by atoms with van der Waals surface area (Å²) in [6.45, 7) is 5.38. The standard InChI is InChI=1S/C30H45NO/c1-3-5-7-8-9-11-23-32-29-20-17-26(18-21-29)28-19-22-30(31-24-28)27-15-13-25(14-16-27)12-10-6-4-2/h17-22,24-25,27H,3-16,23H2,1-2H3/t25-,27-. The third kappa shape index (κ3) is 8.26. The molecule has 32 heavy (non-hydrogen) atoms. The Balaban J connectivity index is 1.41. The first kappa shape index (κ1) is 24.8. The van der Waals surface area contributed by atoms with Crippen molar-refractivity contribution >= 4 is 0 Å². The lowest BCUT2D eigenvalue weighted by Gasteiger charge is -2.28. The molecule has 1 saturated carbocycles. The summed E-state index contributed by atoms with van der Waals surface area (Å²) in [5.74, 6) is 2.59. The predicted octanol–water partition coefficient (Wildman–Crippen LogP) is 9.34. The van der Waals surface area contributed by atoms with Crippen molar-refractivity contribution in [2.75, 3.05) is 6.61 Å². The van der Waals surface area contributed by atoms with Gasteiger partial charge in [0, 0.05) is 23.4 Å². The van der Waals surface area contributed by atoms with Crippen molar-refractivity contribution in [3.63, 3.8) is 0 Å². The van der Waals surface area contributed by atoms with Gasteiger partial charge >= 0.3 is 0 Å². The van der Waals surface area contributed by atoms with Crippen LogP contribution in [0.4, 0.5) is 0 Å². The fourth-order valence-corrected chi connectivity index (χ4v) is 5.06. The van der Waals surface area contributed by atoms with E-state index in [1.807, 2.05) is 0 Å². The number of unbranched alkanes of at least 4 members (excludes halogenated alkanes) is 7. The van der Waals surface area contributed by atoms with E-state index in [4.69, 9.17) is 9.72 Å². The number of aromatic nitrogens is 1. The third-order valence-electron chi connectivity index (χ3n) is 7.22. The highest BCUT2D eigenvalue weighted by molar-refractivity contribution is 5.63. The second-order valence-electron chi connectivity index (χ2n) is 9.83. The molecule has 2 aromatic rings. The van der Waals surface area contributed by atoms with Gasteiger partial charge in [-0.1, -0.05) is 89.8 Å². The molecule has 1 aromatic heterocycles. The van der Waals surface area contributed by atoms with E-state index >= 15 is 0 Å². The number of ether oxygens (including phenoxy) is 1. The molecule has 1 fully saturated rings. The summed E-state index contributed by atoms with van der Waals surface area (Å²) in [4.78, 5) is 4.86. The minimum Gasteiger partial charge on any atom is -0.494 e. The zero-order chi connectivity index (χ0) is 22.4. The molecule has 3 rings (SSSR count). The van der Waals surface area contributed by atoms with Crippen molar-refractivity contribution < 1.29 is 4.74 Å². The van der Waals surface area contributed by atoms with Gasteiger partial charge in [0.1, 0.15) is 5.75 Å². The van der Waals surface area contributed by atoms with E-state index in [-0.39, 0.29) is 0 Å². The molecule has 0 N–H and O–H groups in total. The molecule has 176 valence electrons. The minimum absolute atomic E-state index is 0.657. The summed E-state index contributed by atoms with van der Waals surface area (Å²) in [6, 6.07) is 13.0. The van der Waals surface area contributed by atoms with Gasteiger partial charge < -0.3 is 4.74 Å². The first-order chi connectivity index (χ1) is 15.8. The summed E-state index contributed by atoms with van der Waals surface area (Å²) >= 11 is 0. The van der Waals surface area contributed by atoms with Crippen LogP contribution in [-0.2, 0) is 0 Å². The average molecular weight is 436 g/mol. The zero-order valence-corrected chi connectivity index (χ0v) is 20.7. The Kier molecular flexibility index (Phi) is 11.1. The van der Waals surface area contributed by atoms with Crippen molar-refractivity contribution in [1.29, 1.82) is 0 Å². The molecule has 2 nitrogen and oxygen atoms in total. The number of benzene rings is 1. The van der Waals surface area contributed by atoms with Crippen LogP contribution in [0.25, 0.3) is 11.1 Å². The van der Waals surface area contributed by atoms with E-state index in [0.29, 0.717) is 5.92 Å². The summed E-state index contributed by atoms with van der Waals surface area (Å²) in [5, 5.41) is 0. The molecule has 0 atom stereocenters. The van der Waals surface area contributed by atoms with E-state index in [1.165, 1.54) is 100 Å². The Morgan fingerprint density at radius 1 is 0.719 bits per heavy atom. The van der Waals surface area contributed by atoms with Crippen molar-refractivity contribution in [3.8, 4) is 16.9 Å². The number of pyridine rings is 1. The molecule has 1 aliphatic carbocycles. The van der Waals surface area contributed by atoms with Crippen LogP contribution < -0.4 is 4.74 Å². The molecular formula is C30H45NO. The van der Waals surface area contributed by atoms with Crippen LogP contribution in [0, 0.1) is 5.92 Å². The van der Waals surface area contributed by atoms with Gasteiger partial charge in [-0.15, -0.1) is 0 Å². The molecule has 0 amide bonds. The van der Waals surface area contributed by atoms with Gasteiger partial charge in [-0.25, -0.2) is 0 Å². The van der Waals surface area contributed by atoms with E-state index in [1.54, 1.807) is 0 Å². The average Bonchev–Trinajstić information content (AvgIpc) is 2.85. The minimum atomic E-state index is 0.657. The molecule has 0 saturated heterocycles. The van der Waals surface area contributed by atoms with Gasteiger partial charge in [-0.3, -0.25) is 4.98 Å². The highest BCUT2D eigenvalue weighted by Gasteiger charge is 2.22. The maximum atomic E-state index is 5.93. The molecular weight excluding hydrogens is 390 g/mol. The van der Waals surface area contributed by atoms with Crippen LogP contribution in [0.1, 0.15) is 115 Å². The molecule has 0 aliphatic heterocycles. The Labute approximate surface area is 197 Å². The van der Waals surface area contributed by atoms with Crippen LogP contribution in [-0.4, -0.2) is 11.6 Å². The maximum Gasteiger partial charge on any atom is 0.119 e. The first-order valence-corrected chi connectivity index (χ1v) is 13.5. The van der Waals surface area contributed by atoms with Crippen molar-refractivity contribution in [1.82, 2.24) is 4.98 Å². The Bertz CT molecular complexity index is 728. The molecule has 0 bridgehead atoms. The van der Waals surface area contributed by atoms with Gasteiger partial charge in [0.25, 0.3) is 0 Å². The molecule has 0 radical (unpaired) electrons. The lowest BCUT2D eigenvalue weighted by Crippen LogP contribution is -2.14. The lowest BCUT2D eigenvalue weighted by molar-refractivity contribution is 0.300. The summed E-state index contributed by atoms with van der Waals surface area (Å²) in [7, 11) is 0. The van der Waals surface area contributed by atoms with Crippen molar-refractivity contribution in [2.24, 2.45) is 5.92 Å². The van der Waals surface area contributed by atoms with Crippen LogP contribution in [0.15, 0.2) is 42.6 Å². The maximum absolute atomic E-state index is 5.93. The first-order valence-electron chi connectivity index (χ1n) is 13.5. The highest BCUT2D eigenvalue weighted by Crippen LogP contribution is 2.37. The summed E-state index contributed by atoms with van der Waals surface area (Å²) in [6.07, 6.45) is 20.8. The molecule has 1 aliphatic rings. The van der Waals surface area contributed by atoms with Crippen molar-refractivity contribution in [3.05, 3.63) is 48.3 Å². The largest absolute Gasteiger partial charge is 0.494 e. The normalized spacial score (nSPS) is 18.6. The molecule has 0 spiro atoms. The lowest BCUT2D eigenvalue weighted by atomic mass is 9.78. The smallest absolute Gasteiger partial charge is 0.119 e. The molecule has 1 aromatic carbocycles. The van der Waals surface area contributed by atoms with Gasteiger partial charge in [-0.2, -0.15) is 0 Å². The monoisotopic (exact) mass is 435 g/mol. The number of nitrogens with zero attached hydrogens (tertiary/aromatic N) is 1. The number of hydrogen-bond donors (Lipinski definition) is 0. The Morgan fingerprint density at radius 2 is 1.38 bits per heavy atom. The summed E-state index contributed by atoms with van der Waals surface area (Å²) in [5.41, 5.74) is 3.71. The van der Waals surface area contributed by atoms with E-state index in [0.717, 1.165) is 24.7 Å². The highest BCUT2D eigenvalue weighted by atomic mass is 16.5. The van der Waals surface area contributed by atoms with Crippen LogP contribution in [0.3, 0.4) is 0 Å². The Hall–Kier alpha value is -1.83. The molecule has 0 unspecified atom stereocenters. The van der Waals surface area contributed by atoms with Crippen molar-refractivity contribution in [2.45, 2.75) is 110 Å². The summed E-state index contributed by atoms with van der Waals surface area (Å²) < 4.78 is 5.93. The van der Waals surface area contributed by atoms with Gasteiger partial charge in [0.15, 0.2) is 0 Å². The van der Waals surface area contributed by atoms with Crippen LogP contribution >= 0.6 is 0 Å². The van der Waals surface area contributed by atoms with E-state index < -0.39 is 0 Å². The SMILES string of the molecule is CCCCCCCCOc1ccc(-c2ccc([C@H]3CC[C@H](CCCCC)CC3)nc2)cc1. The molecule has 2 heteroatoms. The zero-order valence-electron chi connectivity index (χ0n) is 20.7. The Morgan fingerprint density at radius 3 is 2.06 bits per heavy atom. The quantitative estimate of drug-likeness (QED) is 0.276. The van der Waals surface area contributed by atoms with Crippen LogP contribution in [0.2, 0.25) is 0 Å². The third-order valence-corrected chi connectivity index (χ3v) is 7.22. The second kappa shape index (κ2) is 14.3. The van der Waals surface area contributed by atoms with Crippen LogP contribution in [0.5, 0.6) is 5.75 Å². The fourth-order valence-electron chi connectivity index (χ4n) is 5.06. The number of rotatable bonds is 14. The molecule has 1 heterocycles. The van der Waals surface area contributed by atoms with E-state index in [9.17, 15) is 0 Å². The van der Waals surface area contributed by atoms with Gasteiger partial charge in [-0.05, 0) is 61.8 Å². The predicted molar refractivity (Wildman–Crippen MR) is 137 cm³/mol.